The van der Waals surface area contributed by atoms with Gasteiger partial charge in [-0.25, -0.2) is 0 Å². The lowest BCUT2D eigenvalue weighted by atomic mass is 9.86. The molecular formula is C21H24O11. The van der Waals surface area contributed by atoms with E-state index in [2.05, 4.69) is 0 Å². The highest BCUT2D eigenvalue weighted by molar-refractivity contribution is 5.59. The first-order valence-corrected chi connectivity index (χ1v) is 9.88. The lowest BCUT2D eigenvalue weighted by Gasteiger charge is -2.42. The predicted octanol–water partition coefficient (Wildman–Crippen LogP) is -0.939. The van der Waals surface area contributed by atoms with Crippen LogP contribution in [-0.4, -0.2) is 83.1 Å². The summed E-state index contributed by atoms with van der Waals surface area (Å²) in [5.41, 5.74) is 0.220. The largest absolute Gasteiger partial charge is 0.507 e. The molecule has 2 aromatic carbocycles. The molecular weight excluding hydrogens is 428 g/mol. The van der Waals surface area contributed by atoms with Gasteiger partial charge in [0.05, 0.1) is 18.3 Å². The van der Waals surface area contributed by atoms with Gasteiger partial charge in [0.15, 0.2) is 11.5 Å². The number of aliphatic hydroxyl groups is 5. The molecule has 1 saturated heterocycles. The van der Waals surface area contributed by atoms with Crippen molar-refractivity contribution in [2.75, 3.05) is 6.61 Å². The molecule has 2 heterocycles. The molecule has 2 aliphatic heterocycles. The van der Waals surface area contributed by atoms with E-state index < -0.39 is 66.6 Å². The van der Waals surface area contributed by atoms with Crippen LogP contribution in [0.25, 0.3) is 0 Å². The van der Waals surface area contributed by atoms with Crippen LogP contribution < -0.4 is 4.74 Å². The third-order valence-corrected chi connectivity index (χ3v) is 5.89. The normalized spacial score (nSPS) is 32.2. The van der Waals surface area contributed by atoms with E-state index in [9.17, 15) is 46.0 Å². The van der Waals surface area contributed by atoms with Crippen molar-refractivity contribution in [1.82, 2.24) is 0 Å². The maximum absolute atomic E-state index is 10.6. The molecule has 0 aromatic heterocycles. The van der Waals surface area contributed by atoms with Crippen molar-refractivity contribution < 1.29 is 55.4 Å². The van der Waals surface area contributed by atoms with E-state index in [4.69, 9.17) is 9.47 Å². The highest BCUT2D eigenvalue weighted by atomic mass is 16.5. The van der Waals surface area contributed by atoms with Gasteiger partial charge in [-0.3, -0.25) is 0 Å². The number of phenols is 4. The maximum atomic E-state index is 10.6. The second-order valence-electron chi connectivity index (χ2n) is 7.94. The van der Waals surface area contributed by atoms with Gasteiger partial charge in [-0.15, -0.1) is 0 Å². The van der Waals surface area contributed by atoms with Gasteiger partial charge in [-0.1, -0.05) is 6.07 Å². The Labute approximate surface area is 181 Å². The van der Waals surface area contributed by atoms with Gasteiger partial charge in [0.25, 0.3) is 0 Å². The third kappa shape index (κ3) is 3.58. The standard InChI is InChI=1S/C21H24O11/c22-6-14-16(28)17(29)18(30)21(31-14)15-12(26)5-10(24)8-4-13(27)19(32-20(8)15)7-1-2-9(23)11(25)3-7/h1-3,5,13-14,16-19,21-30H,4,6H2/t13-,14+,16-,17-,18+,19-,21-/m0/s1. The predicted molar refractivity (Wildman–Crippen MR) is 105 cm³/mol. The molecule has 0 saturated carbocycles. The average Bonchev–Trinajstić information content (AvgIpc) is 2.75. The molecule has 11 nitrogen and oxygen atoms in total. The second-order valence-corrected chi connectivity index (χ2v) is 7.94. The fourth-order valence-electron chi connectivity index (χ4n) is 4.17. The summed E-state index contributed by atoms with van der Waals surface area (Å²) in [6.45, 7) is -0.683. The number of phenolic OH excluding ortho intramolecular Hbond substituents is 4. The number of hydrogen-bond acceptors (Lipinski definition) is 11. The lowest BCUT2D eigenvalue weighted by Crippen LogP contribution is -2.55. The van der Waals surface area contributed by atoms with Gasteiger partial charge in [0.2, 0.25) is 0 Å². The molecule has 2 aromatic rings. The Balaban J connectivity index is 1.80. The summed E-state index contributed by atoms with van der Waals surface area (Å²) < 4.78 is 11.4. The second kappa shape index (κ2) is 8.28. The van der Waals surface area contributed by atoms with Crippen molar-refractivity contribution in [2.24, 2.45) is 0 Å². The number of fused-ring (bicyclic) bond motifs is 1. The Morgan fingerprint density at radius 3 is 2.16 bits per heavy atom. The molecule has 9 N–H and O–H groups in total. The van der Waals surface area contributed by atoms with Crippen LogP contribution in [0.3, 0.4) is 0 Å². The van der Waals surface area contributed by atoms with E-state index in [1.54, 1.807) is 0 Å². The third-order valence-electron chi connectivity index (χ3n) is 5.89. The summed E-state index contributed by atoms with van der Waals surface area (Å²) in [5, 5.41) is 91.0. The Hall–Kier alpha value is -2.80. The lowest BCUT2D eigenvalue weighted by molar-refractivity contribution is -0.232. The molecule has 11 heteroatoms. The minimum atomic E-state index is -1.72. The van der Waals surface area contributed by atoms with Crippen LogP contribution >= 0.6 is 0 Å². The molecule has 1 fully saturated rings. The Morgan fingerprint density at radius 1 is 0.781 bits per heavy atom. The molecule has 174 valence electrons. The SMILES string of the molecule is OC[C@H]1O[C@@H](c2c(O)cc(O)c3c2O[C@@H](c2ccc(O)c(O)c2)[C@@H](O)C3)[C@H](O)[C@@H](O)[C@H]1O. The molecule has 0 aliphatic carbocycles. The van der Waals surface area contributed by atoms with Crippen molar-refractivity contribution in [3.05, 3.63) is 41.0 Å². The maximum Gasteiger partial charge on any atom is 0.157 e. The number of aliphatic hydroxyl groups excluding tert-OH is 5. The van der Waals surface area contributed by atoms with E-state index in [1.165, 1.54) is 18.2 Å². The van der Waals surface area contributed by atoms with E-state index in [0.29, 0.717) is 0 Å². The van der Waals surface area contributed by atoms with Gasteiger partial charge in [0, 0.05) is 18.1 Å². The monoisotopic (exact) mass is 452 g/mol. The molecule has 0 unspecified atom stereocenters. The van der Waals surface area contributed by atoms with Crippen molar-refractivity contribution in [1.29, 1.82) is 0 Å². The summed E-state index contributed by atoms with van der Waals surface area (Å²) in [6, 6.07) is 4.77. The molecule has 7 atom stereocenters. The number of aromatic hydroxyl groups is 4. The van der Waals surface area contributed by atoms with Crippen molar-refractivity contribution in [3.8, 4) is 28.7 Å². The minimum Gasteiger partial charge on any atom is -0.507 e. The summed E-state index contributed by atoms with van der Waals surface area (Å²) >= 11 is 0. The summed E-state index contributed by atoms with van der Waals surface area (Å²) in [4.78, 5) is 0. The summed E-state index contributed by atoms with van der Waals surface area (Å²) in [7, 11) is 0. The number of rotatable bonds is 3. The smallest absolute Gasteiger partial charge is 0.157 e. The highest BCUT2D eigenvalue weighted by Gasteiger charge is 2.47. The van der Waals surface area contributed by atoms with Crippen molar-refractivity contribution in [3.63, 3.8) is 0 Å². The quantitative estimate of drug-likeness (QED) is 0.260. The van der Waals surface area contributed by atoms with E-state index in [1.807, 2.05) is 0 Å². The van der Waals surface area contributed by atoms with Gasteiger partial charge in [0.1, 0.15) is 53.9 Å². The number of benzene rings is 2. The molecule has 0 amide bonds. The summed E-state index contributed by atoms with van der Waals surface area (Å²) in [5.74, 6) is -1.89. The Kier molecular flexibility index (Phi) is 5.79. The zero-order valence-corrected chi connectivity index (χ0v) is 16.6. The van der Waals surface area contributed by atoms with Crippen LogP contribution in [0.5, 0.6) is 28.7 Å². The average molecular weight is 452 g/mol. The fourth-order valence-corrected chi connectivity index (χ4v) is 4.17. The minimum absolute atomic E-state index is 0.0986. The van der Waals surface area contributed by atoms with Crippen LogP contribution in [0.2, 0.25) is 0 Å². The van der Waals surface area contributed by atoms with Gasteiger partial charge in [-0.05, 0) is 17.7 Å². The van der Waals surface area contributed by atoms with Crippen LogP contribution in [0.1, 0.15) is 28.9 Å². The van der Waals surface area contributed by atoms with Gasteiger partial charge >= 0.3 is 0 Å². The molecule has 0 spiro atoms. The number of hydrogen-bond donors (Lipinski definition) is 9. The number of ether oxygens (including phenoxy) is 2. The molecule has 0 radical (unpaired) electrons. The van der Waals surface area contributed by atoms with Gasteiger partial charge in [-0.2, -0.15) is 0 Å². The van der Waals surface area contributed by atoms with Crippen molar-refractivity contribution >= 4 is 0 Å². The zero-order chi connectivity index (χ0) is 23.3. The van der Waals surface area contributed by atoms with E-state index in [-0.39, 0.29) is 34.6 Å². The van der Waals surface area contributed by atoms with E-state index in [0.717, 1.165) is 6.07 Å². The Morgan fingerprint density at radius 2 is 1.50 bits per heavy atom. The molecule has 0 bridgehead atoms. The van der Waals surface area contributed by atoms with Crippen LogP contribution in [0.4, 0.5) is 0 Å². The van der Waals surface area contributed by atoms with Crippen LogP contribution in [0.15, 0.2) is 24.3 Å². The van der Waals surface area contributed by atoms with E-state index >= 15 is 0 Å². The first kappa shape index (κ1) is 22.4. The zero-order valence-electron chi connectivity index (χ0n) is 16.6. The first-order valence-electron chi connectivity index (χ1n) is 9.88. The summed E-state index contributed by atoms with van der Waals surface area (Å²) in [6.07, 6.45) is -10.2. The highest BCUT2D eigenvalue weighted by Crippen LogP contribution is 2.50. The van der Waals surface area contributed by atoms with Crippen molar-refractivity contribution in [2.45, 2.75) is 49.1 Å². The fraction of sp³-hybridized carbons (Fsp3) is 0.429. The Bertz CT molecular complexity index is 1010. The molecule has 4 rings (SSSR count). The molecule has 2 aliphatic rings. The van der Waals surface area contributed by atoms with Gasteiger partial charge < -0.3 is 55.4 Å². The van der Waals surface area contributed by atoms with Crippen LogP contribution in [-0.2, 0) is 11.2 Å². The topological polar surface area (TPSA) is 201 Å². The van der Waals surface area contributed by atoms with Crippen LogP contribution in [0, 0.1) is 0 Å². The first-order chi connectivity index (χ1) is 15.1. The molecule has 32 heavy (non-hydrogen) atoms.